The molecule has 2 aromatic rings. The van der Waals surface area contributed by atoms with Crippen LogP contribution >= 0.6 is 0 Å². The Bertz CT molecular complexity index is 667. The van der Waals surface area contributed by atoms with Crippen LogP contribution in [0.3, 0.4) is 0 Å². The van der Waals surface area contributed by atoms with Crippen LogP contribution in [0.1, 0.15) is 43.0 Å². The van der Waals surface area contributed by atoms with Gasteiger partial charge in [-0.15, -0.1) is 0 Å². The zero-order valence-electron chi connectivity index (χ0n) is 14.5. The van der Waals surface area contributed by atoms with Gasteiger partial charge in [0, 0.05) is 30.6 Å². The number of nitrogens with one attached hydrogen (secondary N) is 1. The molecule has 0 saturated carbocycles. The Kier molecular flexibility index (Phi) is 6.01. The summed E-state index contributed by atoms with van der Waals surface area (Å²) >= 11 is 0. The molecule has 25 heavy (non-hydrogen) atoms. The van der Waals surface area contributed by atoms with E-state index in [0.29, 0.717) is 17.4 Å². The van der Waals surface area contributed by atoms with E-state index in [-0.39, 0.29) is 11.9 Å². The second-order valence-electron chi connectivity index (χ2n) is 6.40. The van der Waals surface area contributed by atoms with Crippen molar-refractivity contribution >= 4 is 5.91 Å². The Morgan fingerprint density at radius 2 is 1.96 bits per heavy atom. The van der Waals surface area contributed by atoms with E-state index < -0.39 is 0 Å². The first-order chi connectivity index (χ1) is 12.2. The van der Waals surface area contributed by atoms with E-state index in [9.17, 15) is 4.79 Å². The number of carbonyl (C=O) groups excluding carboxylic acids is 1. The van der Waals surface area contributed by atoms with Crippen molar-refractivity contribution in [1.82, 2.24) is 10.3 Å². The molecule has 1 aromatic heterocycles. The minimum atomic E-state index is -0.0599. The van der Waals surface area contributed by atoms with E-state index in [1.807, 2.05) is 6.92 Å². The van der Waals surface area contributed by atoms with Crippen molar-refractivity contribution in [2.45, 2.75) is 44.8 Å². The Morgan fingerprint density at radius 3 is 2.64 bits per heavy atom. The average molecular weight is 340 g/mol. The molecule has 0 spiro atoms. The lowest BCUT2D eigenvalue weighted by molar-refractivity contribution is 0.0899. The van der Waals surface area contributed by atoms with Crippen molar-refractivity contribution in [3.8, 4) is 11.5 Å². The minimum absolute atomic E-state index is 0.0599. The number of hydrogen-bond acceptors (Lipinski definition) is 4. The van der Waals surface area contributed by atoms with E-state index in [1.54, 1.807) is 48.8 Å². The number of carbonyl (C=O) groups is 1. The smallest absolute Gasteiger partial charge is 0.251 e. The molecular weight excluding hydrogens is 316 g/mol. The number of pyridine rings is 1. The third-order valence-electron chi connectivity index (χ3n) is 4.33. The summed E-state index contributed by atoms with van der Waals surface area (Å²) in [6, 6.07) is 10.9. The normalized spacial score (nSPS) is 17.9. The van der Waals surface area contributed by atoms with Crippen LogP contribution in [0.2, 0.25) is 0 Å². The van der Waals surface area contributed by atoms with Crippen LogP contribution < -0.4 is 10.1 Å². The van der Waals surface area contributed by atoms with Crippen LogP contribution in [-0.4, -0.2) is 29.6 Å². The van der Waals surface area contributed by atoms with Gasteiger partial charge in [-0.3, -0.25) is 9.78 Å². The molecule has 2 heterocycles. The zero-order chi connectivity index (χ0) is 17.5. The monoisotopic (exact) mass is 340 g/mol. The highest BCUT2D eigenvalue weighted by atomic mass is 16.5. The molecule has 1 saturated heterocycles. The maximum absolute atomic E-state index is 12.3. The third-order valence-corrected chi connectivity index (χ3v) is 4.33. The van der Waals surface area contributed by atoms with Gasteiger partial charge >= 0.3 is 0 Å². The first kappa shape index (κ1) is 17.4. The molecule has 1 N–H and O–H groups in total. The molecule has 1 amide bonds. The van der Waals surface area contributed by atoms with Crippen LogP contribution in [-0.2, 0) is 4.74 Å². The molecule has 1 aliphatic heterocycles. The van der Waals surface area contributed by atoms with Gasteiger partial charge in [0.2, 0.25) is 0 Å². The predicted octanol–water partition coefficient (Wildman–Crippen LogP) is 3.95. The molecule has 0 radical (unpaired) electrons. The molecule has 132 valence electrons. The van der Waals surface area contributed by atoms with Crippen LogP contribution in [0.15, 0.2) is 48.8 Å². The molecule has 0 aliphatic carbocycles. The van der Waals surface area contributed by atoms with Crippen molar-refractivity contribution in [2.24, 2.45) is 0 Å². The van der Waals surface area contributed by atoms with Gasteiger partial charge in [0.1, 0.15) is 11.5 Å². The summed E-state index contributed by atoms with van der Waals surface area (Å²) < 4.78 is 11.3. The van der Waals surface area contributed by atoms with E-state index in [4.69, 9.17) is 9.47 Å². The highest BCUT2D eigenvalue weighted by Gasteiger charge is 2.17. The zero-order valence-corrected chi connectivity index (χ0v) is 14.5. The van der Waals surface area contributed by atoms with Crippen molar-refractivity contribution in [2.75, 3.05) is 6.61 Å². The standard InChI is InChI=1S/C20H24N2O3/c1-15(4-7-17-3-2-14-24-17)22-20(23)16-5-8-18(9-6-16)25-19-10-12-21-13-11-19/h5-6,8-13,15,17H,2-4,7,14H2,1H3,(H,22,23). The molecule has 1 aromatic carbocycles. The lowest BCUT2D eigenvalue weighted by Gasteiger charge is -2.16. The fourth-order valence-corrected chi connectivity index (χ4v) is 2.90. The Labute approximate surface area is 148 Å². The molecule has 2 atom stereocenters. The first-order valence-corrected chi connectivity index (χ1v) is 8.81. The van der Waals surface area contributed by atoms with Crippen LogP contribution in [0.25, 0.3) is 0 Å². The third kappa shape index (κ3) is 5.29. The summed E-state index contributed by atoms with van der Waals surface area (Å²) in [6.07, 6.45) is 7.94. The largest absolute Gasteiger partial charge is 0.457 e. The maximum Gasteiger partial charge on any atom is 0.251 e. The molecule has 5 nitrogen and oxygen atoms in total. The number of amides is 1. The van der Waals surface area contributed by atoms with Gasteiger partial charge in [0.05, 0.1) is 6.10 Å². The molecule has 5 heteroatoms. The highest BCUT2D eigenvalue weighted by molar-refractivity contribution is 5.94. The average Bonchev–Trinajstić information content (AvgIpc) is 3.15. The van der Waals surface area contributed by atoms with Gasteiger partial charge in [-0.1, -0.05) is 0 Å². The summed E-state index contributed by atoms with van der Waals surface area (Å²) in [5, 5.41) is 3.05. The number of nitrogens with zero attached hydrogens (tertiary/aromatic N) is 1. The molecule has 1 fully saturated rings. The van der Waals surface area contributed by atoms with E-state index >= 15 is 0 Å². The topological polar surface area (TPSA) is 60.5 Å². The molecule has 0 bridgehead atoms. The van der Waals surface area contributed by atoms with Gasteiger partial charge in [0.15, 0.2) is 0 Å². The quantitative estimate of drug-likeness (QED) is 0.829. The Morgan fingerprint density at radius 1 is 1.24 bits per heavy atom. The molecule has 2 unspecified atom stereocenters. The summed E-state index contributed by atoms with van der Waals surface area (Å²) in [5.41, 5.74) is 0.631. The fourth-order valence-electron chi connectivity index (χ4n) is 2.90. The predicted molar refractivity (Wildman–Crippen MR) is 95.9 cm³/mol. The van der Waals surface area contributed by atoms with Crippen LogP contribution in [0, 0.1) is 0 Å². The van der Waals surface area contributed by atoms with Crippen molar-refractivity contribution in [3.63, 3.8) is 0 Å². The lowest BCUT2D eigenvalue weighted by atomic mass is 10.1. The Balaban J connectivity index is 1.48. The lowest BCUT2D eigenvalue weighted by Crippen LogP contribution is -2.33. The maximum atomic E-state index is 12.3. The second-order valence-corrected chi connectivity index (χ2v) is 6.40. The minimum Gasteiger partial charge on any atom is -0.457 e. The number of rotatable bonds is 7. The van der Waals surface area contributed by atoms with Crippen molar-refractivity contribution in [3.05, 3.63) is 54.4 Å². The summed E-state index contributed by atoms with van der Waals surface area (Å²) in [6.45, 7) is 2.91. The summed E-state index contributed by atoms with van der Waals surface area (Å²) in [7, 11) is 0. The SMILES string of the molecule is CC(CCC1CCCO1)NC(=O)c1ccc(Oc2ccncc2)cc1. The fraction of sp³-hybridized carbons (Fsp3) is 0.400. The van der Waals surface area contributed by atoms with Gasteiger partial charge in [-0.25, -0.2) is 0 Å². The van der Waals surface area contributed by atoms with E-state index in [2.05, 4.69) is 10.3 Å². The van der Waals surface area contributed by atoms with Crippen molar-refractivity contribution < 1.29 is 14.3 Å². The van der Waals surface area contributed by atoms with Gasteiger partial charge in [-0.2, -0.15) is 0 Å². The number of benzene rings is 1. The number of ether oxygens (including phenoxy) is 2. The van der Waals surface area contributed by atoms with Gasteiger partial charge < -0.3 is 14.8 Å². The van der Waals surface area contributed by atoms with Gasteiger partial charge in [0.25, 0.3) is 5.91 Å². The molecule has 1 aliphatic rings. The van der Waals surface area contributed by atoms with Gasteiger partial charge in [-0.05, 0) is 69.0 Å². The van der Waals surface area contributed by atoms with Crippen molar-refractivity contribution in [1.29, 1.82) is 0 Å². The second kappa shape index (κ2) is 8.62. The van der Waals surface area contributed by atoms with Crippen LogP contribution in [0.4, 0.5) is 0 Å². The Hall–Kier alpha value is -2.40. The van der Waals surface area contributed by atoms with E-state index in [1.165, 1.54) is 0 Å². The molecule has 3 rings (SSSR count). The summed E-state index contributed by atoms with van der Waals surface area (Å²) in [4.78, 5) is 16.3. The number of hydrogen-bond donors (Lipinski definition) is 1. The van der Waals surface area contributed by atoms with Crippen LogP contribution in [0.5, 0.6) is 11.5 Å². The first-order valence-electron chi connectivity index (χ1n) is 8.81. The number of aromatic nitrogens is 1. The summed E-state index contributed by atoms with van der Waals surface area (Å²) in [5.74, 6) is 1.35. The van der Waals surface area contributed by atoms with E-state index in [0.717, 1.165) is 38.0 Å². The highest BCUT2D eigenvalue weighted by Crippen LogP contribution is 2.21. The molecular formula is C20H24N2O3.